The molecule has 8 nitrogen and oxygen atoms in total. The Labute approximate surface area is 140 Å². The average molecular weight is 353 g/mol. The fourth-order valence-electron chi connectivity index (χ4n) is 2.18. The maximum absolute atomic E-state index is 12.2. The van der Waals surface area contributed by atoms with Crippen LogP contribution in [0.15, 0.2) is 27.2 Å². The van der Waals surface area contributed by atoms with Gasteiger partial charge in [-0.2, -0.15) is 0 Å². The first kappa shape index (κ1) is 15.8. The van der Waals surface area contributed by atoms with E-state index in [-0.39, 0.29) is 17.6 Å². The zero-order valence-corrected chi connectivity index (χ0v) is 13.8. The number of aromatic nitrogens is 2. The molecule has 1 aliphatic heterocycles. The van der Waals surface area contributed by atoms with Gasteiger partial charge in [-0.1, -0.05) is 23.1 Å². The molecular formula is C13H15N5O3S2. The second-order valence-electron chi connectivity index (χ2n) is 4.86. The van der Waals surface area contributed by atoms with Crippen molar-refractivity contribution in [2.75, 3.05) is 36.8 Å². The van der Waals surface area contributed by atoms with Gasteiger partial charge in [0.1, 0.15) is 0 Å². The van der Waals surface area contributed by atoms with Crippen molar-refractivity contribution in [3.8, 4) is 0 Å². The highest BCUT2D eigenvalue weighted by atomic mass is 32.2. The molecule has 0 unspecified atom stereocenters. The third-order valence-corrected chi connectivity index (χ3v) is 5.44. The number of piperazine rings is 1. The van der Waals surface area contributed by atoms with Crippen LogP contribution in [0.25, 0.3) is 0 Å². The van der Waals surface area contributed by atoms with Crippen molar-refractivity contribution in [3.63, 3.8) is 0 Å². The van der Waals surface area contributed by atoms with E-state index in [9.17, 15) is 9.59 Å². The Hall–Kier alpha value is -2.07. The van der Waals surface area contributed by atoms with E-state index in [0.29, 0.717) is 36.3 Å². The van der Waals surface area contributed by atoms with E-state index in [1.807, 2.05) is 0 Å². The largest absolute Gasteiger partial charge is 0.459 e. The van der Waals surface area contributed by atoms with E-state index in [0.717, 1.165) is 5.13 Å². The fourth-order valence-corrected chi connectivity index (χ4v) is 3.81. The smallest absolute Gasteiger partial charge is 0.289 e. The summed E-state index contributed by atoms with van der Waals surface area (Å²) in [5.74, 6) is 0.0842. The molecule has 23 heavy (non-hydrogen) atoms. The summed E-state index contributed by atoms with van der Waals surface area (Å²) in [6.07, 6.45) is 1.50. The second-order valence-corrected chi connectivity index (χ2v) is 7.04. The highest BCUT2D eigenvalue weighted by Crippen LogP contribution is 2.28. The number of carbonyl (C=O) groups excluding carboxylic acids is 2. The predicted molar refractivity (Wildman–Crippen MR) is 86.7 cm³/mol. The summed E-state index contributed by atoms with van der Waals surface area (Å²) in [6, 6.07) is 3.37. The number of amides is 2. The predicted octanol–water partition coefficient (Wildman–Crippen LogP) is 0.671. The molecule has 0 bridgehead atoms. The number of hydrogen-bond acceptors (Lipinski definition) is 8. The van der Waals surface area contributed by atoms with Crippen molar-refractivity contribution in [2.45, 2.75) is 4.34 Å². The molecule has 3 heterocycles. The van der Waals surface area contributed by atoms with Crippen LogP contribution in [0.5, 0.6) is 0 Å². The summed E-state index contributed by atoms with van der Waals surface area (Å²) >= 11 is 2.71. The normalized spacial score (nSPS) is 15.0. The van der Waals surface area contributed by atoms with Crippen molar-refractivity contribution in [1.82, 2.24) is 15.1 Å². The van der Waals surface area contributed by atoms with Crippen molar-refractivity contribution in [2.24, 2.45) is 5.73 Å². The molecule has 0 aliphatic carbocycles. The van der Waals surface area contributed by atoms with Gasteiger partial charge in [0.15, 0.2) is 10.1 Å². The second kappa shape index (κ2) is 7.01. The number of nitrogens with two attached hydrogens (primary N) is 1. The first-order chi connectivity index (χ1) is 11.1. The molecule has 122 valence electrons. The van der Waals surface area contributed by atoms with Crippen molar-refractivity contribution >= 4 is 40.0 Å². The lowest BCUT2D eigenvalue weighted by molar-refractivity contribution is -0.115. The lowest BCUT2D eigenvalue weighted by atomic mass is 10.3. The minimum absolute atomic E-state index is 0.0929. The zero-order chi connectivity index (χ0) is 16.2. The van der Waals surface area contributed by atoms with Gasteiger partial charge in [-0.3, -0.25) is 9.59 Å². The molecule has 1 aliphatic rings. The summed E-state index contributed by atoms with van der Waals surface area (Å²) in [6.45, 7) is 2.56. The molecular weight excluding hydrogens is 338 g/mol. The Morgan fingerprint density at radius 2 is 2.09 bits per heavy atom. The van der Waals surface area contributed by atoms with Gasteiger partial charge in [0.05, 0.1) is 12.0 Å². The van der Waals surface area contributed by atoms with Crippen LogP contribution in [-0.2, 0) is 4.79 Å². The summed E-state index contributed by atoms with van der Waals surface area (Å²) in [4.78, 5) is 26.8. The zero-order valence-electron chi connectivity index (χ0n) is 12.2. The van der Waals surface area contributed by atoms with Gasteiger partial charge >= 0.3 is 0 Å². The van der Waals surface area contributed by atoms with Crippen LogP contribution >= 0.6 is 23.1 Å². The van der Waals surface area contributed by atoms with Gasteiger partial charge in [-0.05, 0) is 12.1 Å². The number of anilines is 1. The van der Waals surface area contributed by atoms with Gasteiger partial charge < -0.3 is 20.0 Å². The monoisotopic (exact) mass is 353 g/mol. The Morgan fingerprint density at radius 1 is 1.30 bits per heavy atom. The van der Waals surface area contributed by atoms with E-state index >= 15 is 0 Å². The highest BCUT2D eigenvalue weighted by molar-refractivity contribution is 8.01. The third kappa shape index (κ3) is 3.82. The van der Waals surface area contributed by atoms with E-state index < -0.39 is 0 Å². The van der Waals surface area contributed by atoms with Crippen LogP contribution < -0.4 is 10.6 Å². The van der Waals surface area contributed by atoms with Gasteiger partial charge in [0.2, 0.25) is 11.0 Å². The molecule has 0 aromatic carbocycles. The number of rotatable bonds is 5. The number of thioether (sulfide) groups is 1. The standard InChI is InChI=1S/C13H15N5O3S2/c14-10(19)8-22-13-16-15-12(23-13)18-5-3-17(4-6-18)11(20)9-2-1-7-21-9/h1-2,7H,3-6,8H2,(H2,14,19). The minimum atomic E-state index is -0.378. The Morgan fingerprint density at radius 3 is 2.74 bits per heavy atom. The summed E-state index contributed by atoms with van der Waals surface area (Å²) in [7, 11) is 0. The van der Waals surface area contributed by atoms with E-state index in [2.05, 4.69) is 15.1 Å². The number of furan rings is 1. The number of primary amides is 1. The van der Waals surface area contributed by atoms with Crippen LogP contribution in [-0.4, -0.2) is 58.8 Å². The molecule has 3 rings (SSSR count). The lowest BCUT2D eigenvalue weighted by Gasteiger charge is -2.33. The minimum Gasteiger partial charge on any atom is -0.459 e. The fraction of sp³-hybridized carbons (Fsp3) is 0.385. The molecule has 1 fully saturated rings. The maximum Gasteiger partial charge on any atom is 0.289 e. The van der Waals surface area contributed by atoms with Crippen LogP contribution in [0.1, 0.15) is 10.6 Å². The molecule has 2 amide bonds. The topological polar surface area (TPSA) is 106 Å². The summed E-state index contributed by atoms with van der Waals surface area (Å²) in [5, 5.41) is 8.98. The van der Waals surface area contributed by atoms with Crippen LogP contribution in [0.2, 0.25) is 0 Å². The molecule has 2 aromatic heterocycles. The van der Waals surface area contributed by atoms with Crippen molar-refractivity contribution < 1.29 is 14.0 Å². The molecule has 0 spiro atoms. The molecule has 0 atom stereocenters. The first-order valence-electron chi connectivity index (χ1n) is 6.96. The summed E-state index contributed by atoms with van der Waals surface area (Å²) < 4.78 is 5.86. The number of nitrogens with zero attached hydrogens (tertiary/aromatic N) is 4. The van der Waals surface area contributed by atoms with Crippen molar-refractivity contribution in [3.05, 3.63) is 24.2 Å². The van der Waals surface area contributed by atoms with E-state index in [1.165, 1.54) is 29.4 Å². The van der Waals surface area contributed by atoms with E-state index in [1.54, 1.807) is 17.0 Å². The summed E-state index contributed by atoms with van der Waals surface area (Å²) in [5.41, 5.74) is 5.11. The van der Waals surface area contributed by atoms with Crippen LogP contribution in [0.4, 0.5) is 5.13 Å². The maximum atomic E-state index is 12.2. The van der Waals surface area contributed by atoms with Gasteiger partial charge in [0.25, 0.3) is 5.91 Å². The molecule has 1 saturated heterocycles. The highest BCUT2D eigenvalue weighted by Gasteiger charge is 2.25. The quantitative estimate of drug-likeness (QED) is 0.788. The van der Waals surface area contributed by atoms with Crippen LogP contribution in [0.3, 0.4) is 0 Å². The number of hydrogen-bond donors (Lipinski definition) is 1. The van der Waals surface area contributed by atoms with Crippen molar-refractivity contribution in [1.29, 1.82) is 0 Å². The molecule has 2 aromatic rings. The van der Waals surface area contributed by atoms with Crippen LogP contribution in [0, 0.1) is 0 Å². The Kier molecular flexibility index (Phi) is 4.82. The molecule has 0 saturated carbocycles. The Bertz CT molecular complexity index is 680. The number of carbonyl (C=O) groups is 2. The van der Waals surface area contributed by atoms with E-state index in [4.69, 9.17) is 10.2 Å². The van der Waals surface area contributed by atoms with Gasteiger partial charge in [0, 0.05) is 26.2 Å². The SMILES string of the molecule is NC(=O)CSc1nnc(N2CCN(C(=O)c3ccco3)CC2)s1. The van der Waals surface area contributed by atoms with Gasteiger partial charge in [-0.25, -0.2) is 0 Å². The lowest BCUT2D eigenvalue weighted by Crippen LogP contribution is -2.48. The average Bonchev–Trinajstić information content (AvgIpc) is 3.24. The molecule has 10 heteroatoms. The van der Waals surface area contributed by atoms with Gasteiger partial charge in [-0.15, -0.1) is 10.2 Å². The molecule has 2 N–H and O–H groups in total. The Balaban J connectivity index is 1.54. The first-order valence-corrected chi connectivity index (χ1v) is 8.76. The molecule has 0 radical (unpaired) electrons. The third-order valence-electron chi connectivity index (χ3n) is 3.30.